The minimum atomic E-state index is -0.634. The second kappa shape index (κ2) is 8.46. The molecule has 1 aromatic carbocycles. The monoisotopic (exact) mass is 433 g/mol. The largest absolute Gasteiger partial charge is 0.463 e. The molecule has 1 aromatic heterocycles. The number of nitrogens with one attached hydrogen (secondary N) is 3. The summed E-state index contributed by atoms with van der Waals surface area (Å²) in [6.45, 7) is 1.97. The Morgan fingerprint density at radius 2 is 2.07 bits per heavy atom. The van der Waals surface area contributed by atoms with Crippen molar-refractivity contribution in [2.75, 3.05) is 12.4 Å². The van der Waals surface area contributed by atoms with Gasteiger partial charge in [0.15, 0.2) is 0 Å². The summed E-state index contributed by atoms with van der Waals surface area (Å²) >= 11 is 7.33. The highest BCUT2D eigenvalue weighted by molar-refractivity contribution is 7.99. The van der Waals surface area contributed by atoms with Crippen molar-refractivity contribution in [3.05, 3.63) is 51.9 Å². The van der Waals surface area contributed by atoms with Gasteiger partial charge in [0, 0.05) is 22.4 Å². The van der Waals surface area contributed by atoms with Crippen LogP contribution in [0, 0.1) is 0 Å². The summed E-state index contributed by atoms with van der Waals surface area (Å²) < 4.78 is 5.26. The number of ether oxygens (including phenoxy) is 1. The molecular weight excluding hydrogens is 414 g/mol. The summed E-state index contributed by atoms with van der Waals surface area (Å²) in [6.07, 6.45) is 2.25. The summed E-state index contributed by atoms with van der Waals surface area (Å²) in [5.41, 5.74) is 1.58. The van der Waals surface area contributed by atoms with Crippen molar-refractivity contribution >= 4 is 35.4 Å². The third-order valence-corrected chi connectivity index (χ3v) is 5.77. The van der Waals surface area contributed by atoms with Crippen LogP contribution in [0.5, 0.6) is 0 Å². The van der Waals surface area contributed by atoms with E-state index in [4.69, 9.17) is 16.3 Å². The quantitative estimate of drug-likeness (QED) is 0.456. The maximum absolute atomic E-state index is 12.7. The van der Waals surface area contributed by atoms with E-state index in [1.807, 2.05) is 0 Å². The molecule has 1 atom stereocenters. The topological polar surface area (TPSA) is 109 Å². The zero-order valence-electron chi connectivity index (χ0n) is 15.7. The summed E-state index contributed by atoms with van der Waals surface area (Å²) in [4.78, 5) is 29.5. The van der Waals surface area contributed by atoms with Crippen molar-refractivity contribution < 1.29 is 14.3 Å². The molecule has 4 rings (SSSR count). The number of nitrogens with zero attached hydrogens (tertiary/aromatic N) is 2. The highest BCUT2D eigenvalue weighted by Gasteiger charge is 2.34. The fraction of sp³-hybridized carbons (Fsp3) is 0.368. The minimum absolute atomic E-state index is 0.232. The molecule has 0 bridgehead atoms. The minimum Gasteiger partial charge on any atom is -0.463 e. The Hall–Kier alpha value is -2.52. The van der Waals surface area contributed by atoms with Gasteiger partial charge in [-0.25, -0.2) is 14.6 Å². The van der Waals surface area contributed by atoms with Crippen LogP contribution in [0.3, 0.4) is 0 Å². The average Bonchev–Trinajstić information content (AvgIpc) is 3.44. The first-order valence-electron chi connectivity index (χ1n) is 9.33. The molecule has 29 heavy (non-hydrogen) atoms. The lowest BCUT2D eigenvalue weighted by molar-refractivity contribution is -0.139. The van der Waals surface area contributed by atoms with Crippen LogP contribution in [0.25, 0.3) is 0 Å². The zero-order valence-corrected chi connectivity index (χ0v) is 17.3. The average molecular weight is 434 g/mol. The third-order valence-electron chi connectivity index (χ3n) is 4.64. The molecule has 10 heteroatoms. The van der Waals surface area contributed by atoms with Crippen LogP contribution in [0.4, 0.5) is 4.79 Å². The Morgan fingerprint density at radius 1 is 1.31 bits per heavy atom. The number of amides is 2. The smallest absolute Gasteiger partial charge is 0.338 e. The normalized spacial score (nSPS) is 19.0. The van der Waals surface area contributed by atoms with Crippen molar-refractivity contribution in [2.45, 2.75) is 36.9 Å². The van der Waals surface area contributed by atoms with Crippen molar-refractivity contribution in [3.8, 4) is 0 Å². The maximum atomic E-state index is 12.7. The zero-order chi connectivity index (χ0) is 20.4. The molecular formula is C19H20ClN5O3S. The van der Waals surface area contributed by atoms with Crippen LogP contribution in [0.1, 0.15) is 43.1 Å². The van der Waals surface area contributed by atoms with Crippen LogP contribution in [0.15, 0.2) is 40.7 Å². The predicted molar refractivity (Wildman–Crippen MR) is 109 cm³/mol. The van der Waals surface area contributed by atoms with Crippen molar-refractivity contribution in [1.82, 2.24) is 25.8 Å². The third kappa shape index (κ3) is 4.56. The molecule has 1 saturated carbocycles. The number of rotatable bonds is 7. The van der Waals surface area contributed by atoms with Crippen LogP contribution < -0.4 is 10.6 Å². The number of esters is 1. The molecule has 2 aromatic rings. The molecule has 1 unspecified atom stereocenters. The number of carbonyl (C=O) groups excluding carboxylic acids is 2. The van der Waals surface area contributed by atoms with Gasteiger partial charge in [-0.15, -0.1) is 5.10 Å². The SMILES string of the molecule is CCOC(=O)C1=C(CSc2n[nH]c(C3CC3)n2)NC(=O)NC1c1ccc(Cl)cc1. The van der Waals surface area contributed by atoms with Crippen LogP contribution >= 0.6 is 23.4 Å². The first-order chi connectivity index (χ1) is 14.0. The number of thioether (sulfide) groups is 1. The number of hydrogen-bond acceptors (Lipinski definition) is 6. The lowest BCUT2D eigenvalue weighted by atomic mass is 9.95. The lowest BCUT2D eigenvalue weighted by Gasteiger charge is -2.29. The van der Waals surface area contributed by atoms with E-state index in [1.165, 1.54) is 11.8 Å². The number of aromatic amines is 1. The Morgan fingerprint density at radius 3 is 2.76 bits per heavy atom. The fourth-order valence-electron chi connectivity index (χ4n) is 3.09. The van der Waals surface area contributed by atoms with Gasteiger partial charge in [0.2, 0.25) is 5.16 Å². The van der Waals surface area contributed by atoms with Crippen LogP contribution in [-0.2, 0) is 9.53 Å². The van der Waals surface area contributed by atoms with Gasteiger partial charge in [-0.05, 0) is 37.5 Å². The standard InChI is InChI=1S/C19H20ClN5O3S/c1-2-28-17(26)14-13(9-29-19-23-16(24-25-19)11-3-4-11)21-18(27)22-15(14)10-5-7-12(20)8-6-10/h5-8,11,15H,2-4,9H2,1H3,(H2,21,22,27)(H,23,24,25). The van der Waals surface area contributed by atoms with E-state index in [1.54, 1.807) is 31.2 Å². The number of aromatic nitrogens is 3. The Balaban J connectivity index is 1.62. The second-order valence-corrected chi connectivity index (χ2v) is 8.14. The van der Waals surface area contributed by atoms with Gasteiger partial charge in [-0.2, -0.15) is 0 Å². The van der Waals surface area contributed by atoms with Gasteiger partial charge in [0.1, 0.15) is 5.82 Å². The highest BCUT2D eigenvalue weighted by atomic mass is 35.5. The first kappa shape index (κ1) is 19.8. The van der Waals surface area contributed by atoms with Gasteiger partial charge < -0.3 is 15.4 Å². The van der Waals surface area contributed by atoms with Crippen molar-refractivity contribution in [2.24, 2.45) is 0 Å². The van der Waals surface area contributed by atoms with Crippen LogP contribution in [-0.4, -0.2) is 39.5 Å². The molecule has 2 amide bonds. The number of urea groups is 1. The number of hydrogen-bond donors (Lipinski definition) is 3. The molecule has 1 aliphatic carbocycles. The van der Waals surface area contributed by atoms with E-state index >= 15 is 0 Å². The van der Waals surface area contributed by atoms with Crippen molar-refractivity contribution in [3.63, 3.8) is 0 Å². The molecule has 152 valence electrons. The molecule has 0 radical (unpaired) electrons. The molecule has 0 saturated heterocycles. The molecule has 3 N–H and O–H groups in total. The van der Waals surface area contributed by atoms with Gasteiger partial charge in [-0.3, -0.25) is 5.10 Å². The molecule has 2 aliphatic rings. The van der Waals surface area contributed by atoms with E-state index in [2.05, 4.69) is 25.8 Å². The van der Waals surface area contributed by atoms with Gasteiger partial charge in [0.05, 0.1) is 18.2 Å². The summed E-state index contributed by atoms with van der Waals surface area (Å²) in [6, 6.07) is 5.97. The van der Waals surface area contributed by atoms with Gasteiger partial charge in [0.25, 0.3) is 0 Å². The van der Waals surface area contributed by atoms with E-state index < -0.39 is 12.0 Å². The number of H-pyrrole nitrogens is 1. The van der Waals surface area contributed by atoms with Gasteiger partial charge >= 0.3 is 12.0 Å². The lowest BCUT2D eigenvalue weighted by Crippen LogP contribution is -2.46. The van der Waals surface area contributed by atoms with E-state index in [0.29, 0.717) is 33.1 Å². The van der Waals surface area contributed by atoms with Crippen molar-refractivity contribution in [1.29, 1.82) is 0 Å². The summed E-state index contributed by atoms with van der Waals surface area (Å²) in [5.74, 6) is 1.21. The molecule has 1 aliphatic heterocycles. The number of benzene rings is 1. The number of halogens is 1. The van der Waals surface area contributed by atoms with E-state index in [9.17, 15) is 9.59 Å². The maximum Gasteiger partial charge on any atom is 0.338 e. The number of carbonyl (C=O) groups is 2. The Labute approximate surface area is 176 Å². The second-order valence-electron chi connectivity index (χ2n) is 6.76. The van der Waals surface area contributed by atoms with Crippen LogP contribution in [0.2, 0.25) is 5.02 Å². The summed E-state index contributed by atoms with van der Waals surface area (Å²) in [7, 11) is 0. The van der Waals surface area contributed by atoms with Gasteiger partial charge in [-0.1, -0.05) is 35.5 Å². The molecule has 8 nitrogen and oxygen atoms in total. The fourth-order valence-corrected chi connectivity index (χ4v) is 3.99. The molecule has 2 heterocycles. The first-order valence-corrected chi connectivity index (χ1v) is 10.7. The highest BCUT2D eigenvalue weighted by Crippen LogP contribution is 2.38. The Kier molecular flexibility index (Phi) is 5.77. The molecule has 0 spiro atoms. The predicted octanol–water partition coefficient (Wildman–Crippen LogP) is 3.30. The van der Waals surface area contributed by atoms with E-state index in [-0.39, 0.29) is 12.6 Å². The van der Waals surface area contributed by atoms with E-state index in [0.717, 1.165) is 24.2 Å². The summed E-state index contributed by atoms with van der Waals surface area (Å²) in [5, 5.41) is 13.9. The molecule has 1 fully saturated rings. The Bertz CT molecular complexity index is 955.